The van der Waals surface area contributed by atoms with E-state index in [-0.39, 0.29) is 23.8 Å². The number of fused-ring (bicyclic) bond motifs is 1. The zero-order chi connectivity index (χ0) is 20.6. The fourth-order valence-corrected chi connectivity index (χ4v) is 5.30. The van der Waals surface area contributed by atoms with E-state index in [2.05, 4.69) is 0 Å². The number of carbonyl (C=O) groups excluding carboxylic acids is 1. The first-order valence-electron chi connectivity index (χ1n) is 9.63. The van der Waals surface area contributed by atoms with Crippen LogP contribution in [0.25, 0.3) is 0 Å². The molecule has 1 heterocycles. The maximum absolute atomic E-state index is 13.4. The van der Waals surface area contributed by atoms with Crippen molar-refractivity contribution in [1.82, 2.24) is 4.31 Å². The van der Waals surface area contributed by atoms with Gasteiger partial charge in [0.2, 0.25) is 5.91 Å². The summed E-state index contributed by atoms with van der Waals surface area (Å²) in [6.07, 6.45) is 0.0748. The Morgan fingerprint density at radius 1 is 0.862 bits per heavy atom. The lowest BCUT2D eigenvalue weighted by Gasteiger charge is -2.25. The number of aryl methyl sites for hydroxylation is 2. The summed E-state index contributed by atoms with van der Waals surface area (Å²) in [5, 5.41) is 0. The molecule has 5 heteroatoms. The van der Waals surface area contributed by atoms with Gasteiger partial charge in [0.15, 0.2) is 0 Å². The van der Waals surface area contributed by atoms with Gasteiger partial charge in [0.05, 0.1) is 11.3 Å². The number of benzene rings is 3. The van der Waals surface area contributed by atoms with Gasteiger partial charge in [-0.2, -0.15) is 0 Å². The molecule has 3 aromatic rings. The van der Waals surface area contributed by atoms with E-state index in [0.29, 0.717) is 0 Å². The van der Waals surface area contributed by atoms with Crippen molar-refractivity contribution in [2.24, 2.45) is 0 Å². The first-order valence-corrected chi connectivity index (χ1v) is 11.1. The fraction of sp³-hybridized carbons (Fsp3) is 0.208. The van der Waals surface area contributed by atoms with Crippen LogP contribution < -0.4 is 0 Å². The van der Waals surface area contributed by atoms with Crippen LogP contribution in [0.4, 0.5) is 0 Å². The van der Waals surface area contributed by atoms with Crippen molar-refractivity contribution in [2.75, 3.05) is 6.54 Å². The molecule has 1 aliphatic heterocycles. The van der Waals surface area contributed by atoms with Crippen molar-refractivity contribution in [3.8, 4) is 0 Å². The third-order valence-corrected chi connectivity index (χ3v) is 7.25. The third-order valence-electron chi connectivity index (χ3n) is 5.45. The molecule has 4 rings (SSSR count). The highest BCUT2D eigenvalue weighted by Gasteiger charge is 2.36. The highest BCUT2D eigenvalue weighted by Crippen LogP contribution is 2.34. The second kappa shape index (κ2) is 7.48. The van der Waals surface area contributed by atoms with Gasteiger partial charge < -0.3 is 0 Å². The number of amides is 1. The van der Waals surface area contributed by atoms with Crippen LogP contribution in [0.3, 0.4) is 0 Å². The molecule has 0 radical (unpaired) electrons. The van der Waals surface area contributed by atoms with Crippen LogP contribution in [0, 0.1) is 13.8 Å². The summed E-state index contributed by atoms with van der Waals surface area (Å²) in [6.45, 7) is 3.97. The minimum absolute atomic E-state index is 0.0748. The second-order valence-electron chi connectivity index (χ2n) is 7.59. The molecule has 0 spiro atoms. The monoisotopic (exact) mass is 405 g/mol. The van der Waals surface area contributed by atoms with E-state index in [1.165, 1.54) is 0 Å². The molecule has 0 bridgehead atoms. The van der Waals surface area contributed by atoms with Gasteiger partial charge in [-0.25, -0.2) is 12.7 Å². The summed E-state index contributed by atoms with van der Waals surface area (Å²) in [7, 11) is -3.94. The summed E-state index contributed by atoms with van der Waals surface area (Å²) in [4.78, 5) is 13.2. The number of hydrogen-bond acceptors (Lipinski definition) is 3. The topological polar surface area (TPSA) is 54.5 Å². The Kier molecular flexibility index (Phi) is 5.01. The standard InChI is InChI=1S/C24H23NO3S/c1-17-8-11-21(12-9-17)29(27,28)25-16-23(19-6-4-3-5-7-19)22-13-10-18(2)14-20(22)15-24(25)26/h3-14,23H,15-16H2,1-2H3. The first-order chi connectivity index (χ1) is 13.9. The van der Waals surface area contributed by atoms with E-state index in [4.69, 9.17) is 0 Å². The van der Waals surface area contributed by atoms with Crippen molar-refractivity contribution in [3.63, 3.8) is 0 Å². The molecule has 29 heavy (non-hydrogen) atoms. The van der Waals surface area contributed by atoms with Crippen molar-refractivity contribution < 1.29 is 13.2 Å². The van der Waals surface area contributed by atoms with E-state index in [9.17, 15) is 13.2 Å². The molecule has 3 aromatic carbocycles. The molecule has 0 N–H and O–H groups in total. The summed E-state index contributed by atoms with van der Waals surface area (Å²) in [5.74, 6) is -0.602. The summed E-state index contributed by atoms with van der Waals surface area (Å²) >= 11 is 0. The minimum Gasteiger partial charge on any atom is -0.273 e. The van der Waals surface area contributed by atoms with E-state index >= 15 is 0 Å². The van der Waals surface area contributed by atoms with Crippen LogP contribution >= 0.6 is 0 Å². The minimum atomic E-state index is -3.94. The molecule has 0 fully saturated rings. The van der Waals surface area contributed by atoms with Crippen molar-refractivity contribution in [2.45, 2.75) is 31.1 Å². The van der Waals surface area contributed by atoms with E-state index in [0.717, 1.165) is 32.1 Å². The average Bonchev–Trinajstić information content (AvgIpc) is 2.84. The second-order valence-corrected chi connectivity index (χ2v) is 9.45. The lowest BCUT2D eigenvalue weighted by molar-refractivity contribution is -0.125. The Hall–Kier alpha value is -2.92. The maximum atomic E-state index is 13.4. The lowest BCUT2D eigenvalue weighted by Crippen LogP contribution is -2.39. The van der Waals surface area contributed by atoms with Gasteiger partial charge in [-0.15, -0.1) is 0 Å². The molecule has 148 valence electrons. The van der Waals surface area contributed by atoms with Gasteiger partial charge in [0.25, 0.3) is 10.0 Å². The molecule has 4 nitrogen and oxygen atoms in total. The van der Waals surface area contributed by atoms with Crippen molar-refractivity contribution >= 4 is 15.9 Å². The van der Waals surface area contributed by atoms with E-state index in [1.54, 1.807) is 24.3 Å². The van der Waals surface area contributed by atoms with Crippen molar-refractivity contribution in [3.05, 3.63) is 101 Å². The van der Waals surface area contributed by atoms with Crippen LogP contribution in [0.15, 0.2) is 77.7 Å². The van der Waals surface area contributed by atoms with Gasteiger partial charge in [-0.3, -0.25) is 4.79 Å². The Bertz CT molecular complexity index is 1150. The number of rotatable bonds is 3. The van der Waals surface area contributed by atoms with Crippen LogP contribution in [-0.4, -0.2) is 25.2 Å². The Balaban J connectivity index is 1.83. The zero-order valence-corrected chi connectivity index (χ0v) is 17.3. The van der Waals surface area contributed by atoms with E-state index in [1.807, 2.05) is 62.4 Å². The normalized spacial score (nSPS) is 17.0. The quantitative estimate of drug-likeness (QED) is 0.656. The number of nitrogens with zero attached hydrogens (tertiary/aromatic N) is 1. The Morgan fingerprint density at radius 3 is 2.21 bits per heavy atom. The maximum Gasteiger partial charge on any atom is 0.266 e. The van der Waals surface area contributed by atoms with Crippen LogP contribution in [0.5, 0.6) is 0 Å². The Morgan fingerprint density at radius 2 is 1.52 bits per heavy atom. The molecule has 1 atom stereocenters. The van der Waals surface area contributed by atoms with Gasteiger partial charge >= 0.3 is 0 Å². The number of sulfonamides is 1. The van der Waals surface area contributed by atoms with Crippen LogP contribution in [-0.2, 0) is 21.2 Å². The fourth-order valence-electron chi connectivity index (χ4n) is 3.88. The molecular formula is C24H23NO3S. The SMILES string of the molecule is Cc1ccc(S(=O)(=O)N2CC(c3ccccc3)c3ccc(C)cc3CC2=O)cc1. The van der Waals surface area contributed by atoms with Gasteiger partial charge in [0, 0.05) is 12.5 Å². The molecule has 1 aliphatic rings. The highest BCUT2D eigenvalue weighted by molar-refractivity contribution is 7.89. The predicted octanol–water partition coefficient (Wildman–Crippen LogP) is 4.21. The molecule has 0 saturated carbocycles. The molecule has 1 unspecified atom stereocenters. The smallest absolute Gasteiger partial charge is 0.266 e. The largest absolute Gasteiger partial charge is 0.273 e. The van der Waals surface area contributed by atoms with Crippen molar-refractivity contribution in [1.29, 1.82) is 0 Å². The molecular weight excluding hydrogens is 382 g/mol. The zero-order valence-electron chi connectivity index (χ0n) is 16.5. The highest BCUT2D eigenvalue weighted by atomic mass is 32.2. The predicted molar refractivity (Wildman–Crippen MR) is 113 cm³/mol. The summed E-state index contributed by atoms with van der Waals surface area (Å²) in [5.41, 5.74) is 4.92. The van der Waals surface area contributed by atoms with Crippen LogP contribution in [0.2, 0.25) is 0 Å². The van der Waals surface area contributed by atoms with Crippen LogP contribution in [0.1, 0.15) is 33.7 Å². The summed E-state index contributed by atoms with van der Waals surface area (Å²) in [6, 6.07) is 22.5. The summed E-state index contributed by atoms with van der Waals surface area (Å²) < 4.78 is 27.8. The number of carbonyl (C=O) groups is 1. The first kappa shape index (κ1) is 19.4. The molecule has 0 saturated heterocycles. The van der Waals surface area contributed by atoms with Gasteiger partial charge in [-0.1, -0.05) is 71.8 Å². The molecule has 0 aromatic heterocycles. The number of hydrogen-bond donors (Lipinski definition) is 0. The average molecular weight is 406 g/mol. The van der Waals surface area contributed by atoms with Gasteiger partial charge in [0.1, 0.15) is 0 Å². The third kappa shape index (κ3) is 3.70. The van der Waals surface area contributed by atoms with Gasteiger partial charge in [-0.05, 0) is 42.7 Å². The van der Waals surface area contributed by atoms with E-state index < -0.39 is 15.9 Å². The lowest BCUT2D eigenvalue weighted by atomic mass is 9.87. The Labute approximate surface area is 171 Å². The molecule has 0 aliphatic carbocycles. The molecule has 1 amide bonds.